The van der Waals surface area contributed by atoms with E-state index in [0.29, 0.717) is 19.1 Å². The molecule has 0 atom stereocenters. The maximum Gasteiger partial charge on any atom is 0.360 e. The van der Waals surface area contributed by atoms with E-state index >= 15 is 0 Å². The van der Waals surface area contributed by atoms with Crippen molar-refractivity contribution in [3.8, 4) is 0 Å². The maximum absolute atomic E-state index is 11.9. The van der Waals surface area contributed by atoms with Crippen LogP contribution in [0.25, 0.3) is 0 Å². The van der Waals surface area contributed by atoms with Crippen LogP contribution in [0.15, 0.2) is 12.4 Å². The third kappa shape index (κ3) is 3.68. The standard InChI is InChI=1S/C14H21N5O2/c1-10(2)9-21-14(20)13-11(3)19(17-16-13)8-7-18-6-5-15-12(18)4/h5-6,10H,7-9H2,1-4H3. The van der Waals surface area contributed by atoms with Gasteiger partial charge in [0.25, 0.3) is 0 Å². The number of carbonyl (C=O) groups excluding carboxylic acids is 1. The summed E-state index contributed by atoms with van der Waals surface area (Å²) in [6.45, 7) is 9.51. The predicted octanol–water partition coefficient (Wildman–Crippen LogP) is 1.60. The van der Waals surface area contributed by atoms with Gasteiger partial charge >= 0.3 is 5.97 Å². The van der Waals surface area contributed by atoms with Gasteiger partial charge in [-0.05, 0) is 19.8 Å². The molecule has 0 saturated carbocycles. The van der Waals surface area contributed by atoms with Crippen molar-refractivity contribution in [2.24, 2.45) is 5.92 Å². The van der Waals surface area contributed by atoms with Gasteiger partial charge in [-0.1, -0.05) is 19.1 Å². The molecular formula is C14H21N5O2. The lowest BCUT2D eigenvalue weighted by Crippen LogP contribution is -2.13. The maximum atomic E-state index is 11.9. The molecule has 0 N–H and O–H groups in total. The Morgan fingerprint density at radius 3 is 2.71 bits per heavy atom. The fourth-order valence-electron chi connectivity index (χ4n) is 1.91. The number of aromatic nitrogens is 5. The Labute approximate surface area is 123 Å². The summed E-state index contributed by atoms with van der Waals surface area (Å²) in [6.07, 6.45) is 3.68. The van der Waals surface area contributed by atoms with Crippen molar-refractivity contribution in [2.45, 2.75) is 40.8 Å². The van der Waals surface area contributed by atoms with Gasteiger partial charge in [0.2, 0.25) is 0 Å². The second kappa shape index (κ2) is 6.51. The Kier molecular flexibility index (Phi) is 4.72. The van der Waals surface area contributed by atoms with Crippen LogP contribution in [0.3, 0.4) is 0 Å². The van der Waals surface area contributed by atoms with Gasteiger partial charge in [0.1, 0.15) is 5.82 Å². The van der Waals surface area contributed by atoms with E-state index < -0.39 is 5.97 Å². The van der Waals surface area contributed by atoms with Gasteiger partial charge in [0, 0.05) is 18.9 Å². The molecule has 2 aromatic heterocycles. The zero-order valence-electron chi connectivity index (χ0n) is 12.9. The average molecular weight is 291 g/mol. The molecule has 0 unspecified atom stereocenters. The third-order valence-electron chi connectivity index (χ3n) is 3.20. The normalized spacial score (nSPS) is 11.1. The SMILES string of the molecule is Cc1nccn1CCn1nnc(C(=O)OCC(C)C)c1C. The number of hydrogen-bond donors (Lipinski definition) is 0. The zero-order valence-corrected chi connectivity index (χ0v) is 12.9. The summed E-state index contributed by atoms with van der Waals surface area (Å²) in [5.41, 5.74) is 1.01. The molecule has 2 rings (SSSR count). The molecule has 7 nitrogen and oxygen atoms in total. The van der Waals surface area contributed by atoms with Crippen molar-refractivity contribution in [3.05, 3.63) is 29.6 Å². The highest BCUT2D eigenvalue weighted by Crippen LogP contribution is 2.07. The van der Waals surface area contributed by atoms with Crippen LogP contribution in [0.1, 0.15) is 35.9 Å². The van der Waals surface area contributed by atoms with Gasteiger partial charge in [-0.2, -0.15) is 0 Å². The number of esters is 1. The summed E-state index contributed by atoms with van der Waals surface area (Å²) < 4.78 is 8.92. The Hall–Kier alpha value is -2.18. The van der Waals surface area contributed by atoms with E-state index in [4.69, 9.17) is 4.74 Å². The van der Waals surface area contributed by atoms with Crippen molar-refractivity contribution in [1.82, 2.24) is 24.5 Å². The van der Waals surface area contributed by atoms with Gasteiger partial charge in [0.15, 0.2) is 5.69 Å². The van der Waals surface area contributed by atoms with Gasteiger partial charge in [-0.25, -0.2) is 14.5 Å². The Morgan fingerprint density at radius 2 is 2.10 bits per heavy atom. The Balaban J connectivity index is 2.00. The molecule has 0 spiro atoms. The molecule has 0 saturated heterocycles. The monoisotopic (exact) mass is 291 g/mol. The smallest absolute Gasteiger partial charge is 0.360 e. The zero-order chi connectivity index (χ0) is 15.4. The molecule has 7 heteroatoms. The number of ether oxygens (including phenoxy) is 1. The van der Waals surface area contributed by atoms with Gasteiger partial charge < -0.3 is 9.30 Å². The second-order valence-corrected chi connectivity index (χ2v) is 5.41. The lowest BCUT2D eigenvalue weighted by Gasteiger charge is -2.07. The summed E-state index contributed by atoms with van der Waals surface area (Å²) in [4.78, 5) is 16.1. The average Bonchev–Trinajstić information content (AvgIpc) is 3.00. The highest BCUT2D eigenvalue weighted by Gasteiger charge is 2.18. The first-order valence-electron chi connectivity index (χ1n) is 7.04. The quantitative estimate of drug-likeness (QED) is 0.756. The van der Waals surface area contributed by atoms with Crippen molar-refractivity contribution in [2.75, 3.05) is 6.61 Å². The van der Waals surface area contributed by atoms with Crippen molar-refractivity contribution in [1.29, 1.82) is 0 Å². The fraction of sp³-hybridized carbons (Fsp3) is 0.571. The van der Waals surface area contributed by atoms with Crippen LogP contribution in [0.5, 0.6) is 0 Å². The molecule has 2 aromatic rings. The van der Waals surface area contributed by atoms with Crippen LogP contribution in [0.4, 0.5) is 0 Å². The van der Waals surface area contributed by atoms with Crippen LogP contribution < -0.4 is 0 Å². The molecule has 0 aliphatic heterocycles. The van der Waals surface area contributed by atoms with Crippen molar-refractivity contribution >= 4 is 5.97 Å². The fourth-order valence-corrected chi connectivity index (χ4v) is 1.91. The number of rotatable bonds is 6. The van der Waals surface area contributed by atoms with Gasteiger partial charge in [-0.3, -0.25) is 0 Å². The van der Waals surface area contributed by atoms with E-state index in [2.05, 4.69) is 15.3 Å². The number of aryl methyl sites for hydroxylation is 3. The first-order chi connectivity index (χ1) is 9.99. The molecule has 0 aliphatic rings. The summed E-state index contributed by atoms with van der Waals surface area (Å²) in [6, 6.07) is 0. The topological polar surface area (TPSA) is 74.8 Å². The minimum Gasteiger partial charge on any atom is -0.461 e. The first kappa shape index (κ1) is 15.2. The molecule has 0 radical (unpaired) electrons. The van der Waals surface area contributed by atoms with E-state index in [1.165, 1.54) is 0 Å². The first-order valence-corrected chi connectivity index (χ1v) is 7.04. The molecule has 2 heterocycles. The van der Waals surface area contributed by atoms with Crippen LogP contribution in [-0.2, 0) is 17.8 Å². The number of imidazole rings is 1. The van der Waals surface area contributed by atoms with Crippen LogP contribution in [-0.4, -0.2) is 37.1 Å². The Morgan fingerprint density at radius 1 is 1.33 bits per heavy atom. The van der Waals surface area contributed by atoms with Gasteiger partial charge in [-0.15, -0.1) is 5.10 Å². The summed E-state index contributed by atoms with van der Waals surface area (Å²) >= 11 is 0. The number of hydrogen-bond acceptors (Lipinski definition) is 5. The lowest BCUT2D eigenvalue weighted by atomic mass is 10.2. The highest BCUT2D eigenvalue weighted by atomic mass is 16.5. The third-order valence-corrected chi connectivity index (χ3v) is 3.20. The molecule has 0 bridgehead atoms. The van der Waals surface area contributed by atoms with E-state index in [0.717, 1.165) is 18.1 Å². The Bertz CT molecular complexity index is 615. The minimum atomic E-state index is -0.411. The van der Waals surface area contributed by atoms with Crippen LogP contribution >= 0.6 is 0 Å². The summed E-state index contributed by atoms with van der Waals surface area (Å²) in [7, 11) is 0. The van der Waals surface area contributed by atoms with E-state index in [9.17, 15) is 4.79 Å². The number of nitrogens with zero attached hydrogens (tertiary/aromatic N) is 5. The molecule has 0 amide bonds. The molecule has 0 fully saturated rings. The van der Waals surface area contributed by atoms with Gasteiger partial charge in [0.05, 0.1) is 18.8 Å². The lowest BCUT2D eigenvalue weighted by molar-refractivity contribution is 0.0451. The minimum absolute atomic E-state index is 0.290. The molecule has 0 aromatic carbocycles. The van der Waals surface area contributed by atoms with E-state index in [-0.39, 0.29) is 5.69 Å². The highest BCUT2D eigenvalue weighted by molar-refractivity contribution is 5.88. The van der Waals surface area contributed by atoms with Crippen LogP contribution in [0, 0.1) is 19.8 Å². The van der Waals surface area contributed by atoms with E-state index in [1.807, 2.05) is 38.5 Å². The molecule has 0 aliphatic carbocycles. The molecule has 114 valence electrons. The summed E-state index contributed by atoms with van der Waals surface area (Å²) in [5, 5.41) is 7.95. The largest absolute Gasteiger partial charge is 0.461 e. The summed E-state index contributed by atoms with van der Waals surface area (Å²) in [5.74, 6) is 0.837. The second-order valence-electron chi connectivity index (χ2n) is 5.41. The van der Waals surface area contributed by atoms with Crippen molar-refractivity contribution in [3.63, 3.8) is 0 Å². The molecular weight excluding hydrogens is 270 g/mol. The predicted molar refractivity (Wildman–Crippen MR) is 76.8 cm³/mol. The molecule has 21 heavy (non-hydrogen) atoms. The van der Waals surface area contributed by atoms with Crippen LogP contribution in [0.2, 0.25) is 0 Å². The van der Waals surface area contributed by atoms with Crippen molar-refractivity contribution < 1.29 is 9.53 Å². The van der Waals surface area contributed by atoms with E-state index in [1.54, 1.807) is 10.9 Å². The number of carbonyl (C=O) groups is 1.